The van der Waals surface area contributed by atoms with Gasteiger partial charge in [-0.1, -0.05) is 12.1 Å². The largest absolute Gasteiger partial charge is 0.573 e. The molecule has 0 spiro atoms. The summed E-state index contributed by atoms with van der Waals surface area (Å²) in [6.07, 6.45) is -4.74. The number of halogens is 3. The number of rotatable bonds is 2. The predicted octanol–water partition coefficient (Wildman–Crippen LogP) is 3.72. The number of nitrogens with zero attached hydrogens (tertiary/aromatic N) is 2. The van der Waals surface area contributed by atoms with E-state index >= 15 is 0 Å². The summed E-state index contributed by atoms with van der Waals surface area (Å²) in [5.74, 6) is -0.234. The van der Waals surface area contributed by atoms with Gasteiger partial charge in [0.15, 0.2) is 0 Å². The SMILES string of the molecule is Cc1nc(N)c(C#N)c(-c2ccc(OC(F)(F)F)cc2)c1C. The van der Waals surface area contributed by atoms with Gasteiger partial charge in [-0.2, -0.15) is 5.26 Å². The molecule has 0 unspecified atom stereocenters. The highest BCUT2D eigenvalue weighted by Crippen LogP contribution is 2.33. The molecule has 2 rings (SSSR count). The standard InChI is InChI=1S/C15H12F3N3O/c1-8-9(2)21-14(20)12(7-19)13(8)10-3-5-11(6-4-10)22-15(16,17)18/h3-6H,1-2H3,(H2,20,21). The van der Waals surface area contributed by atoms with Crippen molar-refractivity contribution in [3.63, 3.8) is 0 Å². The summed E-state index contributed by atoms with van der Waals surface area (Å²) in [6.45, 7) is 3.52. The molecule has 1 heterocycles. The van der Waals surface area contributed by atoms with Gasteiger partial charge in [0.2, 0.25) is 0 Å². The highest BCUT2D eigenvalue weighted by molar-refractivity contribution is 5.79. The van der Waals surface area contributed by atoms with E-state index in [4.69, 9.17) is 5.73 Å². The van der Waals surface area contributed by atoms with Crippen LogP contribution in [0, 0.1) is 25.2 Å². The van der Waals surface area contributed by atoms with E-state index in [2.05, 4.69) is 9.72 Å². The molecule has 2 aromatic rings. The van der Waals surface area contributed by atoms with Crippen LogP contribution in [0.5, 0.6) is 5.75 Å². The number of pyridine rings is 1. The van der Waals surface area contributed by atoms with Gasteiger partial charge in [-0.15, -0.1) is 13.2 Å². The highest BCUT2D eigenvalue weighted by atomic mass is 19.4. The number of alkyl halides is 3. The summed E-state index contributed by atoms with van der Waals surface area (Å²) >= 11 is 0. The van der Waals surface area contributed by atoms with Crippen LogP contribution in [0.2, 0.25) is 0 Å². The van der Waals surface area contributed by atoms with Gasteiger partial charge in [0.1, 0.15) is 23.2 Å². The Bertz CT molecular complexity index is 747. The minimum atomic E-state index is -4.74. The van der Waals surface area contributed by atoms with Crippen molar-refractivity contribution in [3.05, 3.63) is 41.1 Å². The van der Waals surface area contributed by atoms with Crippen molar-refractivity contribution in [1.29, 1.82) is 5.26 Å². The fourth-order valence-corrected chi connectivity index (χ4v) is 2.11. The quantitative estimate of drug-likeness (QED) is 0.918. The number of aryl methyl sites for hydroxylation is 1. The van der Waals surface area contributed by atoms with Crippen LogP contribution in [0.1, 0.15) is 16.8 Å². The first kappa shape index (κ1) is 15.6. The third kappa shape index (κ3) is 3.11. The maximum absolute atomic E-state index is 12.2. The molecule has 114 valence electrons. The predicted molar refractivity (Wildman–Crippen MR) is 75.0 cm³/mol. The molecule has 0 aliphatic heterocycles. The van der Waals surface area contributed by atoms with Gasteiger partial charge in [0.25, 0.3) is 0 Å². The van der Waals surface area contributed by atoms with Crippen LogP contribution in [-0.4, -0.2) is 11.3 Å². The van der Waals surface area contributed by atoms with Crippen molar-refractivity contribution in [1.82, 2.24) is 4.98 Å². The summed E-state index contributed by atoms with van der Waals surface area (Å²) < 4.78 is 40.3. The highest BCUT2D eigenvalue weighted by Gasteiger charge is 2.31. The molecule has 0 atom stereocenters. The summed E-state index contributed by atoms with van der Waals surface area (Å²) in [4.78, 5) is 4.08. The Labute approximate surface area is 125 Å². The summed E-state index contributed by atoms with van der Waals surface area (Å²) in [5.41, 5.74) is 8.48. The van der Waals surface area contributed by atoms with E-state index in [1.807, 2.05) is 6.07 Å². The minimum Gasteiger partial charge on any atom is -0.406 e. The van der Waals surface area contributed by atoms with E-state index in [-0.39, 0.29) is 17.1 Å². The molecule has 0 saturated heterocycles. The molecule has 4 nitrogen and oxygen atoms in total. The van der Waals surface area contributed by atoms with Gasteiger partial charge in [0, 0.05) is 11.3 Å². The molecular weight excluding hydrogens is 295 g/mol. The first-order valence-corrected chi connectivity index (χ1v) is 6.26. The molecule has 22 heavy (non-hydrogen) atoms. The fourth-order valence-electron chi connectivity index (χ4n) is 2.11. The van der Waals surface area contributed by atoms with Crippen LogP contribution in [0.15, 0.2) is 24.3 Å². The van der Waals surface area contributed by atoms with E-state index in [0.717, 1.165) is 5.56 Å². The molecular formula is C15H12F3N3O. The molecule has 0 aliphatic carbocycles. The average Bonchev–Trinajstić information content (AvgIpc) is 2.42. The van der Waals surface area contributed by atoms with E-state index in [9.17, 15) is 18.4 Å². The van der Waals surface area contributed by atoms with Crippen LogP contribution < -0.4 is 10.5 Å². The molecule has 0 fully saturated rings. The van der Waals surface area contributed by atoms with Crippen molar-refractivity contribution in [2.75, 3.05) is 5.73 Å². The lowest BCUT2D eigenvalue weighted by Gasteiger charge is -2.14. The van der Waals surface area contributed by atoms with Crippen LogP contribution in [0.4, 0.5) is 19.0 Å². The average molecular weight is 307 g/mol. The third-order valence-electron chi connectivity index (χ3n) is 3.20. The maximum Gasteiger partial charge on any atom is 0.573 e. The van der Waals surface area contributed by atoms with Gasteiger partial charge >= 0.3 is 6.36 Å². The lowest BCUT2D eigenvalue weighted by molar-refractivity contribution is -0.274. The first-order chi connectivity index (χ1) is 10.2. The zero-order valence-electron chi connectivity index (χ0n) is 11.8. The van der Waals surface area contributed by atoms with Crippen LogP contribution in [-0.2, 0) is 0 Å². The van der Waals surface area contributed by atoms with Crippen LogP contribution in [0.25, 0.3) is 11.1 Å². The third-order valence-corrected chi connectivity index (χ3v) is 3.20. The number of nitrogen functional groups attached to an aromatic ring is 1. The second kappa shape index (κ2) is 5.56. The van der Waals surface area contributed by atoms with Crippen molar-refractivity contribution >= 4 is 5.82 Å². The molecule has 1 aromatic heterocycles. The normalized spacial score (nSPS) is 11.1. The number of hydrogen-bond donors (Lipinski definition) is 1. The number of aromatic nitrogens is 1. The van der Waals surface area contributed by atoms with E-state index in [0.29, 0.717) is 16.8 Å². The zero-order valence-corrected chi connectivity index (χ0v) is 11.8. The number of ether oxygens (including phenoxy) is 1. The number of nitrogens with two attached hydrogens (primary N) is 1. The second-order valence-electron chi connectivity index (χ2n) is 4.64. The topological polar surface area (TPSA) is 71.9 Å². The van der Waals surface area contributed by atoms with Gasteiger partial charge < -0.3 is 10.5 Å². The van der Waals surface area contributed by atoms with Gasteiger partial charge in [-0.3, -0.25) is 0 Å². The Morgan fingerprint density at radius 1 is 1.18 bits per heavy atom. The molecule has 0 radical (unpaired) electrons. The summed E-state index contributed by atoms with van der Waals surface area (Å²) in [7, 11) is 0. The van der Waals surface area contributed by atoms with Crippen LogP contribution in [0.3, 0.4) is 0 Å². The Balaban J connectivity index is 2.52. The van der Waals surface area contributed by atoms with Crippen molar-refractivity contribution in [2.45, 2.75) is 20.2 Å². The first-order valence-electron chi connectivity index (χ1n) is 6.26. The monoisotopic (exact) mass is 307 g/mol. The fraction of sp³-hybridized carbons (Fsp3) is 0.200. The summed E-state index contributed by atoms with van der Waals surface area (Å²) in [6, 6.07) is 7.26. The number of anilines is 1. The molecule has 0 bridgehead atoms. The minimum absolute atomic E-state index is 0.0937. The van der Waals surface area contributed by atoms with Crippen LogP contribution >= 0.6 is 0 Å². The number of benzene rings is 1. The lowest BCUT2D eigenvalue weighted by Crippen LogP contribution is -2.16. The second-order valence-corrected chi connectivity index (χ2v) is 4.64. The van der Waals surface area contributed by atoms with Gasteiger partial charge in [0.05, 0.1) is 0 Å². The Morgan fingerprint density at radius 3 is 2.27 bits per heavy atom. The Kier molecular flexibility index (Phi) is 3.95. The van der Waals surface area contributed by atoms with E-state index in [1.54, 1.807) is 13.8 Å². The van der Waals surface area contributed by atoms with Gasteiger partial charge in [-0.25, -0.2) is 4.98 Å². The zero-order chi connectivity index (χ0) is 16.5. The van der Waals surface area contributed by atoms with Crippen molar-refractivity contribution in [3.8, 4) is 22.9 Å². The molecule has 0 amide bonds. The van der Waals surface area contributed by atoms with Crippen molar-refractivity contribution < 1.29 is 17.9 Å². The van der Waals surface area contributed by atoms with E-state index in [1.165, 1.54) is 24.3 Å². The summed E-state index contributed by atoms with van der Waals surface area (Å²) in [5, 5.41) is 9.24. The van der Waals surface area contributed by atoms with Gasteiger partial charge in [-0.05, 0) is 37.1 Å². The molecule has 0 aliphatic rings. The Morgan fingerprint density at radius 2 is 1.77 bits per heavy atom. The van der Waals surface area contributed by atoms with Crippen molar-refractivity contribution in [2.24, 2.45) is 0 Å². The maximum atomic E-state index is 12.2. The Hall–Kier alpha value is -2.75. The molecule has 0 saturated carbocycles. The smallest absolute Gasteiger partial charge is 0.406 e. The van der Waals surface area contributed by atoms with E-state index < -0.39 is 6.36 Å². The number of nitriles is 1. The lowest BCUT2D eigenvalue weighted by atomic mass is 9.95. The number of hydrogen-bond acceptors (Lipinski definition) is 4. The molecule has 2 N–H and O–H groups in total. The molecule has 1 aromatic carbocycles. The molecule has 7 heteroatoms.